The maximum absolute atomic E-state index is 13.5. The summed E-state index contributed by atoms with van der Waals surface area (Å²) in [5.41, 5.74) is -3.12. The zero-order valence-corrected chi connectivity index (χ0v) is 19.4. The SMILES string of the molecule is CC(C)(C)OC(=O)NCC(=Cc1cc(Cl)ncc1C(F)(F)F)B1OC(C)(C)C(C)(C)O1. The number of rotatable bonds is 4. The number of alkyl carbamates (subject to hydrolysis) is 1. The summed E-state index contributed by atoms with van der Waals surface area (Å²) in [5.74, 6) is 0. The smallest absolute Gasteiger partial charge is 0.444 e. The highest BCUT2D eigenvalue weighted by Crippen LogP contribution is 2.39. The minimum absolute atomic E-state index is 0.104. The van der Waals surface area contributed by atoms with Crippen molar-refractivity contribution in [3.05, 3.63) is 34.0 Å². The van der Waals surface area contributed by atoms with Gasteiger partial charge < -0.3 is 19.4 Å². The molecule has 11 heteroatoms. The van der Waals surface area contributed by atoms with Gasteiger partial charge in [-0.05, 0) is 65.6 Å². The van der Waals surface area contributed by atoms with E-state index >= 15 is 0 Å². The quantitative estimate of drug-likeness (QED) is 0.486. The first-order valence-corrected chi connectivity index (χ1v) is 10.0. The fourth-order valence-electron chi connectivity index (χ4n) is 2.69. The molecule has 2 rings (SSSR count). The number of carbonyl (C=O) groups is 1. The second-order valence-electron chi connectivity index (χ2n) is 9.25. The lowest BCUT2D eigenvalue weighted by Crippen LogP contribution is -2.41. The van der Waals surface area contributed by atoms with Crippen LogP contribution in [0.1, 0.15) is 59.6 Å². The summed E-state index contributed by atoms with van der Waals surface area (Å²) in [6.07, 6.45) is -3.46. The van der Waals surface area contributed by atoms with E-state index in [4.69, 9.17) is 25.6 Å². The van der Waals surface area contributed by atoms with Crippen molar-refractivity contribution in [2.45, 2.75) is 71.4 Å². The lowest BCUT2D eigenvalue weighted by Gasteiger charge is -2.32. The van der Waals surface area contributed by atoms with E-state index in [9.17, 15) is 18.0 Å². The highest BCUT2D eigenvalue weighted by atomic mass is 35.5. The summed E-state index contributed by atoms with van der Waals surface area (Å²) in [4.78, 5) is 15.6. The topological polar surface area (TPSA) is 69.7 Å². The monoisotopic (exact) mass is 462 g/mol. The van der Waals surface area contributed by atoms with Crippen LogP contribution in [0.5, 0.6) is 0 Å². The van der Waals surface area contributed by atoms with Gasteiger partial charge in [0, 0.05) is 12.7 Å². The van der Waals surface area contributed by atoms with Crippen LogP contribution in [0.25, 0.3) is 6.08 Å². The van der Waals surface area contributed by atoms with Crippen LogP contribution in [-0.2, 0) is 20.2 Å². The molecule has 0 bridgehead atoms. The van der Waals surface area contributed by atoms with Crippen molar-refractivity contribution < 1.29 is 32.0 Å². The molecule has 31 heavy (non-hydrogen) atoms. The van der Waals surface area contributed by atoms with Gasteiger partial charge in [-0.1, -0.05) is 17.7 Å². The van der Waals surface area contributed by atoms with Crippen molar-refractivity contribution in [1.82, 2.24) is 10.3 Å². The van der Waals surface area contributed by atoms with Crippen LogP contribution in [0.15, 0.2) is 17.7 Å². The second kappa shape index (κ2) is 8.63. The Morgan fingerprint density at radius 2 is 1.77 bits per heavy atom. The number of pyridine rings is 1. The van der Waals surface area contributed by atoms with E-state index in [0.29, 0.717) is 6.20 Å². The summed E-state index contributed by atoms with van der Waals surface area (Å²) >= 11 is 5.84. The largest absolute Gasteiger partial charge is 0.492 e. The van der Waals surface area contributed by atoms with Gasteiger partial charge in [-0.2, -0.15) is 13.2 Å². The van der Waals surface area contributed by atoms with Crippen LogP contribution >= 0.6 is 11.6 Å². The van der Waals surface area contributed by atoms with Gasteiger partial charge in [-0.3, -0.25) is 0 Å². The summed E-state index contributed by atoms with van der Waals surface area (Å²) in [7, 11) is -0.993. The number of nitrogens with one attached hydrogen (secondary N) is 1. The third-order valence-corrected chi connectivity index (χ3v) is 5.15. The van der Waals surface area contributed by atoms with Gasteiger partial charge in [0.05, 0.1) is 16.8 Å². The van der Waals surface area contributed by atoms with Gasteiger partial charge >= 0.3 is 19.4 Å². The van der Waals surface area contributed by atoms with E-state index in [2.05, 4.69) is 10.3 Å². The molecular weight excluding hydrogens is 435 g/mol. The first kappa shape index (κ1) is 25.5. The molecule has 1 aliphatic rings. The van der Waals surface area contributed by atoms with E-state index in [0.717, 1.165) is 6.07 Å². The highest BCUT2D eigenvalue weighted by molar-refractivity contribution is 6.56. The molecule has 1 saturated heterocycles. The molecule has 0 saturated carbocycles. The van der Waals surface area contributed by atoms with Crippen LogP contribution in [-0.4, -0.2) is 41.5 Å². The lowest BCUT2D eigenvalue weighted by atomic mass is 9.76. The number of hydrogen-bond donors (Lipinski definition) is 1. The van der Waals surface area contributed by atoms with Crippen molar-refractivity contribution in [2.75, 3.05) is 6.54 Å². The standard InChI is InChI=1S/C20H27BClF3N2O4/c1-17(2,3)29-16(28)27-10-13(21-30-18(4,5)19(6,7)31-21)8-12-9-15(22)26-11-14(12)20(23,24)25/h8-9,11H,10H2,1-7H3,(H,27,28). The molecule has 0 radical (unpaired) electrons. The molecule has 1 aromatic heterocycles. The van der Waals surface area contributed by atoms with Crippen molar-refractivity contribution in [2.24, 2.45) is 0 Å². The molecule has 0 aliphatic carbocycles. The van der Waals surface area contributed by atoms with E-state index in [-0.39, 0.29) is 22.7 Å². The predicted molar refractivity (Wildman–Crippen MR) is 113 cm³/mol. The van der Waals surface area contributed by atoms with Gasteiger partial charge in [-0.25, -0.2) is 9.78 Å². The van der Waals surface area contributed by atoms with Crippen LogP contribution in [0.3, 0.4) is 0 Å². The molecule has 6 nitrogen and oxygen atoms in total. The lowest BCUT2D eigenvalue weighted by molar-refractivity contribution is -0.138. The van der Waals surface area contributed by atoms with Crippen LogP contribution in [0, 0.1) is 0 Å². The van der Waals surface area contributed by atoms with Gasteiger partial charge in [0.2, 0.25) is 0 Å². The van der Waals surface area contributed by atoms with E-state index in [1.807, 2.05) is 27.7 Å². The molecule has 0 spiro atoms. The van der Waals surface area contributed by atoms with E-state index in [1.54, 1.807) is 20.8 Å². The Bertz CT molecular complexity index is 851. The number of ether oxygens (including phenoxy) is 1. The zero-order valence-electron chi connectivity index (χ0n) is 18.6. The number of amides is 1. The van der Waals surface area contributed by atoms with Gasteiger partial charge in [0.25, 0.3) is 0 Å². The molecule has 0 unspecified atom stereocenters. The normalized spacial score (nSPS) is 18.8. The van der Waals surface area contributed by atoms with Crippen molar-refractivity contribution in [3.63, 3.8) is 0 Å². The number of hydrogen-bond acceptors (Lipinski definition) is 5. The average Bonchev–Trinajstić information content (AvgIpc) is 2.76. The minimum Gasteiger partial charge on any atom is -0.444 e. The Kier molecular flexibility index (Phi) is 7.10. The number of halogens is 4. The number of alkyl halides is 3. The summed E-state index contributed by atoms with van der Waals surface area (Å²) < 4.78 is 57.6. The van der Waals surface area contributed by atoms with Crippen LogP contribution in [0.4, 0.5) is 18.0 Å². The second-order valence-corrected chi connectivity index (χ2v) is 9.64. The summed E-state index contributed by atoms with van der Waals surface area (Å²) in [5, 5.41) is 2.44. The number of aromatic nitrogens is 1. The molecular formula is C20H27BClF3N2O4. The third-order valence-electron chi connectivity index (χ3n) is 4.94. The maximum Gasteiger partial charge on any atom is 0.492 e. The Morgan fingerprint density at radius 1 is 1.23 bits per heavy atom. The molecule has 1 aromatic rings. The fraction of sp³-hybridized carbons (Fsp3) is 0.600. The molecule has 172 valence electrons. The third kappa shape index (κ3) is 6.60. The predicted octanol–water partition coefficient (Wildman–Crippen LogP) is 5.29. The van der Waals surface area contributed by atoms with E-state index in [1.165, 1.54) is 6.08 Å². The van der Waals surface area contributed by atoms with Gasteiger partial charge in [0.1, 0.15) is 10.8 Å². The van der Waals surface area contributed by atoms with Crippen molar-refractivity contribution in [1.29, 1.82) is 0 Å². The average molecular weight is 463 g/mol. The Balaban J connectivity index is 2.44. The Labute approximate surface area is 185 Å². The first-order chi connectivity index (χ1) is 13.9. The van der Waals surface area contributed by atoms with Gasteiger partial charge in [-0.15, -0.1) is 0 Å². The molecule has 0 atom stereocenters. The minimum atomic E-state index is -4.65. The van der Waals surface area contributed by atoms with Crippen LogP contribution < -0.4 is 5.32 Å². The van der Waals surface area contributed by atoms with Crippen molar-refractivity contribution in [3.8, 4) is 0 Å². The molecule has 1 fully saturated rings. The molecule has 1 amide bonds. The fourth-order valence-corrected chi connectivity index (χ4v) is 2.85. The molecule has 2 heterocycles. The van der Waals surface area contributed by atoms with Crippen molar-refractivity contribution >= 4 is 30.9 Å². The highest BCUT2D eigenvalue weighted by Gasteiger charge is 2.52. The zero-order chi connectivity index (χ0) is 23.8. The number of carbonyl (C=O) groups excluding carboxylic acids is 1. The summed E-state index contributed by atoms with van der Waals surface area (Å²) in [6, 6.07) is 1.10. The van der Waals surface area contributed by atoms with Crippen LogP contribution in [0.2, 0.25) is 5.15 Å². The first-order valence-electron chi connectivity index (χ1n) is 9.67. The number of nitrogens with zero attached hydrogens (tertiary/aromatic N) is 1. The molecule has 1 aliphatic heterocycles. The van der Waals surface area contributed by atoms with E-state index < -0.39 is 41.8 Å². The molecule has 1 N–H and O–H groups in total. The Hall–Kier alpha value is -1.78. The Morgan fingerprint density at radius 3 is 2.26 bits per heavy atom. The summed E-state index contributed by atoms with van der Waals surface area (Å²) in [6.45, 7) is 12.2. The van der Waals surface area contributed by atoms with Gasteiger partial charge in [0.15, 0.2) is 0 Å². The molecule has 0 aromatic carbocycles. The maximum atomic E-state index is 13.5.